The normalized spacial score (nSPS) is 22.7. The van der Waals surface area contributed by atoms with Crippen molar-refractivity contribution in [2.24, 2.45) is 23.5 Å². The third-order valence-corrected chi connectivity index (χ3v) is 7.59. The van der Waals surface area contributed by atoms with E-state index in [1.807, 2.05) is 30.3 Å². The van der Waals surface area contributed by atoms with E-state index in [0.29, 0.717) is 36.8 Å². The van der Waals surface area contributed by atoms with Gasteiger partial charge in [0.05, 0.1) is 20.8 Å². The van der Waals surface area contributed by atoms with Crippen molar-refractivity contribution in [3.63, 3.8) is 0 Å². The van der Waals surface area contributed by atoms with Crippen molar-refractivity contribution in [2.75, 3.05) is 33.9 Å². The van der Waals surface area contributed by atoms with Gasteiger partial charge in [-0.25, -0.2) is 0 Å². The highest BCUT2D eigenvalue weighted by Crippen LogP contribution is 2.45. The highest BCUT2D eigenvalue weighted by Gasteiger charge is 2.40. The molecule has 1 fully saturated rings. The summed E-state index contributed by atoms with van der Waals surface area (Å²) in [5.41, 5.74) is 9.89. The number of hydrogen-bond donors (Lipinski definition) is 1. The number of rotatable bonds is 9. The maximum absolute atomic E-state index is 12.8. The average Bonchev–Trinajstić information content (AvgIpc) is 2.86. The van der Waals surface area contributed by atoms with E-state index in [1.165, 1.54) is 11.1 Å². The minimum Gasteiger partial charge on any atom is -0.493 e. The molecule has 0 saturated carbocycles. The van der Waals surface area contributed by atoms with E-state index in [0.717, 1.165) is 49.4 Å². The molecule has 2 aliphatic heterocycles. The summed E-state index contributed by atoms with van der Waals surface area (Å²) >= 11 is 0. The molecule has 1 saturated heterocycles. The summed E-state index contributed by atoms with van der Waals surface area (Å²) in [4.78, 5) is 15.4. The summed E-state index contributed by atoms with van der Waals surface area (Å²) in [5.74, 6) is 2.63. The van der Waals surface area contributed by atoms with Gasteiger partial charge in [-0.05, 0) is 72.3 Å². The van der Waals surface area contributed by atoms with E-state index in [1.54, 1.807) is 14.2 Å². The van der Waals surface area contributed by atoms with Gasteiger partial charge in [0.25, 0.3) is 0 Å². The maximum Gasteiger partial charge on any atom is 0.323 e. The molecule has 35 heavy (non-hydrogen) atoms. The molecule has 2 aromatic carbocycles. The molecule has 6 nitrogen and oxygen atoms in total. The van der Waals surface area contributed by atoms with Crippen LogP contribution in [0.4, 0.5) is 0 Å². The Morgan fingerprint density at radius 1 is 1.09 bits per heavy atom. The number of carbonyl (C=O) groups is 1. The quantitative estimate of drug-likeness (QED) is 0.537. The van der Waals surface area contributed by atoms with Gasteiger partial charge in [0.1, 0.15) is 6.04 Å². The lowest BCUT2D eigenvalue weighted by Gasteiger charge is -2.47. The summed E-state index contributed by atoms with van der Waals surface area (Å²) < 4.78 is 17.0. The summed E-state index contributed by atoms with van der Waals surface area (Å²) in [6.07, 6.45) is 3.58. The molecule has 3 unspecified atom stereocenters. The van der Waals surface area contributed by atoms with Gasteiger partial charge < -0.3 is 19.9 Å². The summed E-state index contributed by atoms with van der Waals surface area (Å²) in [6.45, 7) is 7.03. The summed E-state index contributed by atoms with van der Waals surface area (Å²) in [5, 5.41) is 0. The highest BCUT2D eigenvalue weighted by molar-refractivity contribution is 5.75. The van der Waals surface area contributed by atoms with Crippen molar-refractivity contribution in [1.82, 2.24) is 4.90 Å². The average molecular weight is 481 g/mol. The standard InChI is InChI=1S/C29H40N2O4/c1-19(2)12-22-17-31-11-10-21-15-27(33-3)28(34-4)16-24(21)26(31)14-23(22)18-35-29(32)25(30)13-20-8-6-5-7-9-20/h5-9,15-16,19,22-23,25-26H,10-14,17-18,30H2,1-4H3/t22?,23?,25-,26?/m0/s1. The molecule has 190 valence electrons. The third kappa shape index (κ3) is 5.99. The zero-order valence-electron chi connectivity index (χ0n) is 21.5. The van der Waals surface area contributed by atoms with Crippen LogP contribution in [0.1, 0.15) is 49.4 Å². The number of methoxy groups -OCH3 is 2. The molecular formula is C29H40N2O4. The minimum atomic E-state index is -0.645. The van der Waals surface area contributed by atoms with Crippen molar-refractivity contribution in [3.05, 3.63) is 59.2 Å². The van der Waals surface area contributed by atoms with E-state index >= 15 is 0 Å². The second-order valence-corrected chi connectivity index (χ2v) is 10.5. The molecule has 0 radical (unpaired) electrons. The van der Waals surface area contributed by atoms with Gasteiger partial charge in [0.2, 0.25) is 0 Å². The Hall–Kier alpha value is -2.57. The Labute approximate surface area is 209 Å². The molecule has 0 amide bonds. The number of esters is 1. The fourth-order valence-corrected chi connectivity index (χ4v) is 5.83. The fourth-order valence-electron chi connectivity index (χ4n) is 5.83. The Morgan fingerprint density at radius 2 is 1.80 bits per heavy atom. The van der Waals surface area contributed by atoms with Gasteiger partial charge in [0.15, 0.2) is 11.5 Å². The van der Waals surface area contributed by atoms with Crippen LogP contribution in [0.3, 0.4) is 0 Å². The maximum atomic E-state index is 12.8. The molecule has 0 bridgehead atoms. The number of nitrogens with zero attached hydrogens (tertiary/aromatic N) is 1. The number of carbonyl (C=O) groups excluding carboxylic acids is 1. The Morgan fingerprint density at radius 3 is 2.49 bits per heavy atom. The van der Waals surface area contributed by atoms with Crippen molar-refractivity contribution in [3.8, 4) is 11.5 Å². The first-order chi connectivity index (χ1) is 16.9. The molecule has 0 spiro atoms. The van der Waals surface area contributed by atoms with Gasteiger partial charge in [0, 0.05) is 19.1 Å². The Bertz CT molecular complexity index is 994. The Kier molecular flexibility index (Phi) is 8.34. The third-order valence-electron chi connectivity index (χ3n) is 7.59. The zero-order chi connectivity index (χ0) is 24.9. The van der Waals surface area contributed by atoms with Gasteiger partial charge in [-0.1, -0.05) is 44.2 Å². The first kappa shape index (κ1) is 25.5. The molecule has 0 aliphatic carbocycles. The minimum absolute atomic E-state index is 0.295. The molecule has 2 heterocycles. The first-order valence-electron chi connectivity index (χ1n) is 12.8. The number of nitrogens with two attached hydrogens (primary N) is 1. The van der Waals surface area contributed by atoms with Crippen LogP contribution in [-0.4, -0.2) is 50.8 Å². The molecule has 6 heteroatoms. The summed E-state index contributed by atoms with van der Waals surface area (Å²) in [6, 6.07) is 13.8. The van der Waals surface area contributed by atoms with E-state index in [4.69, 9.17) is 19.9 Å². The lowest BCUT2D eigenvalue weighted by molar-refractivity contribution is -0.148. The van der Waals surface area contributed by atoms with Gasteiger partial charge in [-0.2, -0.15) is 0 Å². The van der Waals surface area contributed by atoms with Crippen LogP contribution >= 0.6 is 0 Å². The van der Waals surface area contributed by atoms with E-state index in [2.05, 4.69) is 30.9 Å². The second-order valence-electron chi connectivity index (χ2n) is 10.5. The largest absolute Gasteiger partial charge is 0.493 e. The van der Waals surface area contributed by atoms with Crippen molar-refractivity contribution in [2.45, 2.75) is 51.6 Å². The van der Waals surface area contributed by atoms with E-state index < -0.39 is 6.04 Å². The van der Waals surface area contributed by atoms with Crippen LogP contribution in [0.2, 0.25) is 0 Å². The first-order valence-corrected chi connectivity index (χ1v) is 12.8. The molecular weight excluding hydrogens is 440 g/mol. The van der Waals surface area contributed by atoms with Crippen LogP contribution in [0.25, 0.3) is 0 Å². The molecule has 0 aromatic heterocycles. The van der Waals surface area contributed by atoms with Crippen LogP contribution < -0.4 is 15.2 Å². The van der Waals surface area contributed by atoms with Crippen molar-refractivity contribution < 1.29 is 19.0 Å². The molecule has 4 atom stereocenters. The number of ether oxygens (including phenoxy) is 3. The lowest BCUT2D eigenvalue weighted by Crippen LogP contribution is -2.47. The highest BCUT2D eigenvalue weighted by atomic mass is 16.5. The predicted molar refractivity (Wildman–Crippen MR) is 138 cm³/mol. The van der Waals surface area contributed by atoms with E-state index in [9.17, 15) is 4.79 Å². The smallest absolute Gasteiger partial charge is 0.323 e. The second kappa shape index (κ2) is 11.4. The number of piperidine rings is 1. The van der Waals surface area contributed by atoms with Gasteiger partial charge >= 0.3 is 5.97 Å². The summed E-state index contributed by atoms with van der Waals surface area (Å²) in [7, 11) is 3.37. The van der Waals surface area contributed by atoms with Crippen LogP contribution in [0, 0.1) is 17.8 Å². The monoisotopic (exact) mass is 480 g/mol. The number of benzene rings is 2. The lowest BCUT2D eigenvalue weighted by atomic mass is 9.74. The molecule has 4 rings (SSSR count). The predicted octanol–water partition coefficient (Wildman–Crippen LogP) is 4.40. The fraction of sp³-hybridized carbons (Fsp3) is 0.552. The molecule has 2 aliphatic rings. The topological polar surface area (TPSA) is 74.0 Å². The number of fused-ring (bicyclic) bond motifs is 3. The van der Waals surface area contributed by atoms with Gasteiger partial charge in [-0.3, -0.25) is 9.69 Å². The van der Waals surface area contributed by atoms with Crippen LogP contribution in [0.15, 0.2) is 42.5 Å². The molecule has 2 N–H and O–H groups in total. The van der Waals surface area contributed by atoms with E-state index in [-0.39, 0.29) is 5.97 Å². The van der Waals surface area contributed by atoms with Crippen LogP contribution in [0.5, 0.6) is 11.5 Å². The van der Waals surface area contributed by atoms with Crippen molar-refractivity contribution in [1.29, 1.82) is 0 Å². The van der Waals surface area contributed by atoms with Crippen molar-refractivity contribution >= 4 is 5.97 Å². The molecule has 2 aromatic rings. The van der Waals surface area contributed by atoms with Crippen LogP contribution in [-0.2, 0) is 22.4 Å². The van der Waals surface area contributed by atoms with Gasteiger partial charge in [-0.15, -0.1) is 0 Å². The number of hydrogen-bond acceptors (Lipinski definition) is 6. The zero-order valence-corrected chi connectivity index (χ0v) is 21.5. The Balaban J connectivity index is 1.48. The SMILES string of the molecule is COc1cc2c(cc1OC)C1CC(COC(=O)[C@@H](N)Cc3ccccc3)C(CC(C)C)CN1CC2.